The van der Waals surface area contributed by atoms with E-state index in [2.05, 4.69) is 19.9 Å². The van der Waals surface area contributed by atoms with Gasteiger partial charge in [-0.15, -0.1) is 0 Å². The van der Waals surface area contributed by atoms with E-state index in [1.165, 1.54) is 0 Å². The van der Waals surface area contributed by atoms with Gasteiger partial charge in [-0.25, -0.2) is 0 Å². The summed E-state index contributed by atoms with van der Waals surface area (Å²) in [5, 5.41) is 8.64. The number of rotatable bonds is 8. The van der Waals surface area contributed by atoms with Crippen LogP contribution in [-0.4, -0.2) is 30.5 Å². The van der Waals surface area contributed by atoms with Crippen molar-refractivity contribution >= 4 is 5.91 Å². The van der Waals surface area contributed by atoms with Crippen molar-refractivity contribution in [1.82, 2.24) is 4.90 Å². The number of carbonyl (C=O) groups is 1. The van der Waals surface area contributed by atoms with Crippen molar-refractivity contribution in [1.29, 1.82) is 5.26 Å². The van der Waals surface area contributed by atoms with E-state index in [-0.39, 0.29) is 5.91 Å². The van der Waals surface area contributed by atoms with Gasteiger partial charge in [-0.05, 0) is 18.1 Å². The van der Waals surface area contributed by atoms with Crippen LogP contribution < -0.4 is 4.74 Å². The lowest BCUT2D eigenvalue weighted by atomic mass is 10.2. The SMILES string of the molecule is CC(C)CN(CCC#N)C(=O)CCOc1ccccc1. The van der Waals surface area contributed by atoms with Crippen LogP contribution in [0, 0.1) is 17.2 Å². The molecular weight excluding hydrogens is 252 g/mol. The van der Waals surface area contributed by atoms with Crippen molar-refractivity contribution in [2.75, 3.05) is 19.7 Å². The number of para-hydroxylation sites is 1. The molecule has 0 aliphatic rings. The summed E-state index contributed by atoms with van der Waals surface area (Å²) in [6.45, 7) is 5.68. The first-order valence-corrected chi connectivity index (χ1v) is 6.96. The number of benzene rings is 1. The Morgan fingerprint density at radius 1 is 1.35 bits per heavy atom. The summed E-state index contributed by atoms with van der Waals surface area (Å²) < 4.78 is 5.52. The third-order valence-corrected chi connectivity index (χ3v) is 2.76. The van der Waals surface area contributed by atoms with Crippen molar-refractivity contribution in [2.45, 2.75) is 26.7 Å². The minimum Gasteiger partial charge on any atom is -0.493 e. The summed E-state index contributed by atoms with van der Waals surface area (Å²) in [5.41, 5.74) is 0. The molecule has 0 saturated carbocycles. The molecule has 0 bridgehead atoms. The van der Waals surface area contributed by atoms with Gasteiger partial charge in [-0.1, -0.05) is 32.0 Å². The van der Waals surface area contributed by atoms with Crippen LogP contribution in [0.15, 0.2) is 30.3 Å². The Kier molecular flexibility index (Phi) is 7.20. The normalized spacial score (nSPS) is 10.1. The zero-order chi connectivity index (χ0) is 14.8. The second kappa shape index (κ2) is 8.98. The van der Waals surface area contributed by atoms with E-state index in [4.69, 9.17) is 10.00 Å². The van der Waals surface area contributed by atoms with Crippen LogP contribution >= 0.6 is 0 Å². The average Bonchev–Trinajstić information content (AvgIpc) is 2.44. The molecule has 0 atom stereocenters. The van der Waals surface area contributed by atoms with Gasteiger partial charge < -0.3 is 9.64 Å². The fourth-order valence-electron chi connectivity index (χ4n) is 1.87. The Bertz CT molecular complexity index is 438. The fraction of sp³-hybridized carbons (Fsp3) is 0.500. The standard InChI is InChI=1S/C16H22N2O2/c1-14(2)13-18(11-6-10-17)16(19)9-12-20-15-7-4-3-5-8-15/h3-5,7-8,14H,6,9,11-13H2,1-2H3. The van der Waals surface area contributed by atoms with E-state index in [1.807, 2.05) is 30.3 Å². The molecule has 1 aromatic rings. The molecule has 0 aliphatic heterocycles. The first kappa shape index (κ1) is 16.0. The summed E-state index contributed by atoms with van der Waals surface area (Å²) in [6, 6.07) is 11.5. The van der Waals surface area contributed by atoms with Crippen LogP contribution in [-0.2, 0) is 4.79 Å². The summed E-state index contributed by atoms with van der Waals surface area (Å²) >= 11 is 0. The summed E-state index contributed by atoms with van der Waals surface area (Å²) in [4.78, 5) is 13.9. The minimum atomic E-state index is 0.0462. The highest BCUT2D eigenvalue weighted by atomic mass is 16.5. The van der Waals surface area contributed by atoms with Gasteiger partial charge in [0.1, 0.15) is 5.75 Å². The molecule has 20 heavy (non-hydrogen) atoms. The summed E-state index contributed by atoms with van der Waals surface area (Å²) in [5.74, 6) is 1.21. The van der Waals surface area contributed by atoms with Gasteiger partial charge in [0.2, 0.25) is 5.91 Å². The molecule has 0 radical (unpaired) electrons. The number of hydrogen-bond acceptors (Lipinski definition) is 3. The predicted molar refractivity (Wildman–Crippen MR) is 78.2 cm³/mol. The van der Waals surface area contributed by atoms with Crippen LogP contribution in [0.2, 0.25) is 0 Å². The maximum atomic E-state index is 12.1. The number of hydrogen-bond donors (Lipinski definition) is 0. The van der Waals surface area contributed by atoms with Crippen LogP contribution in [0.1, 0.15) is 26.7 Å². The first-order valence-electron chi connectivity index (χ1n) is 6.96. The van der Waals surface area contributed by atoms with Crippen molar-refractivity contribution in [3.05, 3.63) is 30.3 Å². The highest BCUT2D eigenvalue weighted by Gasteiger charge is 2.14. The zero-order valence-electron chi connectivity index (χ0n) is 12.2. The molecule has 0 aromatic heterocycles. The van der Waals surface area contributed by atoms with E-state index in [1.54, 1.807) is 4.90 Å². The van der Waals surface area contributed by atoms with Crippen LogP contribution in [0.5, 0.6) is 5.75 Å². The van der Waals surface area contributed by atoms with Gasteiger partial charge in [0, 0.05) is 13.1 Å². The first-order chi connectivity index (χ1) is 9.63. The van der Waals surface area contributed by atoms with Gasteiger partial charge in [0.25, 0.3) is 0 Å². The second-order valence-corrected chi connectivity index (χ2v) is 5.05. The predicted octanol–water partition coefficient (Wildman–Crippen LogP) is 2.85. The van der Waals surface area contributed by atoms with Gasteiger partial charge in [-0.3, -0.25) is 4.79 Å². The fourth-order valence-corrected chi connectivity index (χ4v) is 1.87. The highest BCUT2D eigenvalue weighted by molar-refractivity contribution is 5.76. The van der Waals surface area contributed by atoms with Crippen molar-refractivity contribution < 1.29 is 9.53 Å². The molecule has 0 N–H and O–H groups in total. The third-order valence-electron chi connectivity index (χ3n) is 2.76. The molecule has 0 aliphatic carbocycles. The molecule has 0 fully saturated rings. The maximum absolute atomic E-state index is 12.1. The Morgan fingerprint density at radius 3 is 2.65 bits per heavy atom. The van der Waals surface area contributed by atoms with Crippen molar-refractivity contribution in [3.63, 3.8) is 0 Å². The topological polar surface area (TPSA) is 53.3 Å². The molecule has 0 heterocycles. The molecule has 4 heteroatoms. The Morgan fingerprint density at radius 2 is 2.05 bits per heavy atom. The van der Waals surface area contributed by atoms with Gasteiger partial charge in [-0.2, -0.15) is 5.26 Å². The number of amides is 1. The summed E-state index contributed by atoms with van der Waals surface area (Å²) in [6.07, 6.45) is 0.713. The zero-order valence-corrected chi connectivity index (χ0v) is 12.2. The van der Waals surface area contributed by atoms with Gasteiger partial charge in [0.05, 0.1) is 25.5 Å². The number of nitrogens with zero attached hydrogens (tertiary/aromatic N) is 2. The number of carbonyl (C=O) groups excluding carboxylic acids is 1. The largest absolute Gasteiger partial charge is 0.493 e. The number of nitriles is 1. The summed E-state index contributed by atoms with van der Waals surface area (Å²) in [7, 11) is 0. The lowest BCUT2D eigenvalue weighted by molar-refractivity contribution is -0.132. The van der Waals surface area contributed by atoms with Gasteiger partial charge in [0.15, 0.2) is 0 Å². The average molecular weight is 274 g/mol. The Hall–Kier alpha value is -2.02. The van der Waals surface area contributed by atoms with E-state index in [0.29, 0.717) is 38.5 Å². The highest BCUT2D eigenvalue weighted by Crippen LogP contribution is 2.09. The van der Waals surface area contributed by atoms with Crippen LogP contribution in [0.4, 0.5) is 0 Å². The molecule has 0 spiro atoms. The molecule has 4 nitrogen and oxygen atoms in total. The molecule has 1 aromatic carbocycles. The molecule has 0 unspecified atom stereocenters. The molecule has 1 rings (SSSR count). The van der Waals surface area contributed by atoms with Crippen LogP contribution in [0.3, 0.4) is 0 Å². The molecule has 0 saturated heterocycles. The second-order valence-electron chi connectivity index (χ2n) is 5.05. The van der Waals surface area contributed by atoms with Crippen molar-refractivity contribution in [3.8, 4) is 11.8 Å². The van der Waals surface area contributed by atoms with E-state index in [0.717, 1.165) is 5.75 Å². The smallest absolute Gasteiger partial charge is 0.226 e. The van der Waals surface area contributed by atoms with E-state index in [9.17, 15) is 4.79 Å². The van der Waals surface area contributed by atoms with Crippen molar-refractivity contribution in [2.24, 2.45) is 5.92 Å². The quantitative estimate of drug-likeness (QED) is 0.732. The van der Waals surface area contributed by atoms with Crippen LogP contribution in [0.25, 0.3) is 0 Å². The molecular formula is C16H22N2O2. The Balaban J connectivity index is 2.39. The lowest BCUT2D eigenvalue weighted by Gasteiger charge is -2.23. The molecule has 108 valence electrons. The third kappa shape index (κ3) is 6.24. The number of ether oxygens (including phenoxy) is 1. The molecule has 1 amide bonds. The van der Waals surface area contributed by atoms with E-state index < -0.39 is 0 Å². The van der Waals surface area contributed by atoms with E-state index >= 15 is 0 Å². The maximum Gasteiger partial charge on any atom is 0.226 e. The lowest BCUT2D eigenvalue weighted by Crippen LogP contribution is -2.35. The Labute approximate surface area is 121 Å². The minimum absolute atomic E-state index is 0.0462. The monoisotopic (exact) mass is 274 g/mol. The van der Waals surface area contributed by atoms with Gasteiger partial charge >= 0.3 is 0 Å².